The smallest absolute Gasteiger partial charge is 0.127 e. The Balaban J connectivity index is 1.45. The lowest BCUT2D eigenvalue weighted by atomic mass is 10.1. The molecule has 0 amide bonds. The van der Waals surface area contributed by atoms with Crippen molar-refractivity contribution >= 4 is 23.0 Å². The summed E-state index contributed by atoms with van der Waals surface area (Å²) < 4.78 is 11.7. The van der Waals surface area contributed by atoms with Crippen LogP contribution in [0.4, 0.5) is 5.69 Å². The first-order valence-corrected chi connectivity index (χ1v) is 12.8. The number of rotatable bonds is 12. The Morgan fingerprint density at radius 2 is 1.61 bits per heavy atom. The van der Waals surface area contributed by atoms with E-state index in [1.165, 1.54) is 0 Å². The Kier molecular flexibility index (Phi) is 9.11. The summed E-state index contributed by atoms with van der Waals surface area (Å²) in [5, 5.41) is 17.2. The third-order valence-electron chi connectivity index (χ3n) is 5.99. The van der Waals surface area contributed by atoms with Gasteiger partial charge in [-0.2, -0.15) is 0 Å². The van der Waals surface area contributed by atoms with Crippen molar-refractivity contribution in [1.29, 1.82) is 0 Å². The number of nitrogens with one attached hydrogen (secondary N) is 2. The van der Waals surface area contributed by atoms with E-state index in [0.29, 0.717) is 11.6 Å². The van der Waals surface area contributed by atoms with Crippen LogP contribution in [0.2, 0.25) is 5.02 Å². The number of anilines is 1. The minimum absolute atomic E-state index is 0.176. The molecule has 0 fully saturated rings. The molecule has 2 atom stereocenters. The number of nitrogens with zero attached hydrogens (tertiary/aromatic N) is 1. The maximum absolute atomic E-state index is 9.85. The Morgan fingerprint density at radius 1 is 0.972 bits per heavy atom. The normalized spacial score (nSPS) is 15.8. The van der Waals surface area contributed by atoms with Gasteiger partial charge in [0.25, 0.3) is 0 Å². The molecule has 0 aliphatic carbocycles. The maximum atomic E-state index is 9.85. The summed E-state index contributed by atoms with van der Waals surface area (Å²) >= 11 is 5.97. The highest BCUT2D eigenvalue weighted by atomic mass is 35.5. The number of benzene rings is 3. The molecule has 0 spiro atoms. The minimum atomic E-state index is -0.537. The Hall–Kier alpha value is -3.19. The molecule has 1 unspecified atom stereocenters. The van der Waals surface area contributed by atoms with Crippen LogP contribution < -0.4 is 25.0 Å². The average molecular weight is 508 g/mol. The molecule has 7 heteroatoms. The summed E-state index contributed by atoms with van der Waals surface area (Å²) in [6.07, 6.45) is 5.11. The molecule has 0 saturated carbocycles. The molecule has 36 heavy (non-hydrogen) atoms. The molecule has 1 heterocycles. The van der Waals surface area contributed by atoms with E-state index in [9.17, 15) is 5.11 Å². The molecule has 0 bridgehead atoms. The van der Waals surface area contributed by atoms with E-state index in [1.807, 2.05) is 60.7 Å². The lowest BCUT2D eigenvalue weighted by Gasteiger charge is -2.26. The molecule has 3 N–H and O–H groups in total. The molecule has 0 saturated heterocycles. The van der Waals surface area contributed by atoms with Crippen molar-refractivity contribution in [2.24, 2.45) is 0 Å². The molecule has 0 radical (unpaired) electrons. The van der Waals surface area contributed by atoms with E-state index in [0.717, 1.165) is 53.5 Å². The van der Waals surface area contributed by atoms with Gasteiger partial charge in [-0.25, -0.2) is 0 Å². The number of aliphatic hydroxyl groups is 1. The number of hydrogen-bond donors (Lipinski definition) is 3. The number of likely N-dealkylation sites (N-methyl/N-ethyl adjacent to an activating group) is 1. The third kappa shape index (κ3) is 6.94. The minimum Gasteiger partial charge on any atom is -0.491 e. The van der Waals surface area contributed by atoms with Gasteiger partial charge >= 0.3 is 0 Å². The van der Waals surface area contributed by atoms with Crippen LogP contribution in [0, 0.1) is 0 Å². The van der Waals surface area contributed by atoms with Crippen LogP contribution in [-0.2, 0) is 0 Å². The zero-order valence-electron chi connectivity index (χ0n) is 20.8. The fourth-order valence-electron chi connectivity index (χ4n) is 4.08. The van der Waals surface area contributed by atoms with E-state index in [2.05, 4.69) is 40.8 Å². The molecule has 0 aromatic heterocycles. The van der Waals surface area contributed by atoms with Gasteiger partial charge in [0.1, 0.15) is 36.1 Å². The highest BCUT2D eigenvalue weighted by molar-refractivity contribution is 6.30. The molecule has 6 nitrogen and oxygen atoms in total. The van der Waals surface area contributed by atoms with Gasteiger partial charge in [-0.1, -0.05) is 24.9 Å². The average Bonchev–Trinajstić information content (AvgIpc) is 3.33. The molecule has 1 aliphatic rings. The first-order valence-electron chi connectivity index (χ1n) is 12.4. The fraction of sp³-hybridized carbons (Fsp3) is 0.310. The Labute approximate surface area is 218 Å². The summed E-state index contributed by atoms with van der Waals surface area (Å²) in [5.41, 5.74) is 3.25. The number of unbranched alkanes of at least 4 members (excludes halogenated alkanes) is 1. The second-order valence-corrected chi connectivity index (χ2v) is 9.29. The largest absolute Gasteiger partial charge is 0.491 e. The van der Waals surface area contributed by atoms with Crippen molar-refractivity contribution in [2.75, 3.05) is 25.1 Å². The Morgan fingerprint density at radius 3 is 2.25 bits per heavy atom. The number of halogens is 1. The van der Waals surface area contributed by atoms with Crippen LogP contribution in [0.1, 0.15) is 31.7 Å². The van der Waals surface area contributed by atoms with Crippen LogP contribution in [0.15, 0.2) is 79.0 Å². The van der Waals surface area contributed by atoms with E-state index in [4.69, 9.17) is 21.1 Å². The van der Waals surface area contributed by atoms with Crippen LogP contribution in [0.3, 0.4) is 0 Å². The van der Waals surface area contributed by atoms with Crippen molar-refractivity contribution in [3.63, 3.8) is 0 Å². The lowest BCUT2D eigenvalue weighted by molar-refractivity contribution is 0.108. The molecule has 190 valence electrons. The topological polar surface area (TPSA) is 66.0 Å². The third-order valence-corrected chi connectivity index (χ3v) is 6.24. The van der Waals surface area contributed by atoms with Gasteiger partial charge in [-0.05, 0) is 98.2 Å². The summed E-state index contributed by atoms with van der Waals surface area (Å²) in [6, 6.07) is 23.5. The van der Waals surface area contributed by atoms with Crippen molar-refractivity contribution < 1.29 is 14.6 Å². The van der Waals surface area contributed by atoms with Gasteiger partial charge in [-0.15, -0.1) is 0 Å². The van der Waals surface area contributed by atoms with Crippen LogP contribution >= 0.6 is 11.6 Å². The van der Waals surface area contributed by atoms with Crippen LogP contribution in [-0.4, -0.2) is 37.6 Å². The van der Waals surface area contributed by atoms with E-state index < -0.39 is 6.10 Å². The predicted molar refractivity (Wildman–Crippen MR) is 147 cm³/mol. The van der Waals surface area contributed by atoms with E-state index >= 15 is 0 Å². The zero-order valence-corrected chi connectivity index (χ0v) is 21.5. The van der Waals surface area contributed by atoms with Crippen LogP contribution in [0.25, 0.3) is 5.70 Å². The monoisotopic (exact) mass is 507 g/mol. The molecule has 4 rings (SSSR count). The van der Waals surface area contributed by atoms with Gasteiger partial charge in [0.2, 0.25) is 0 Å². The number of aliphatic hydroxyl groups excluding tert-OH is 1. The molecule has 1 aliphatic heterocycles. The summed E-state index contributed by atoms with van der Waals surface area (Å²) in [4.78, 5) is 2.29. The number of ether oxygens (including phenoxy) is 2. The van der Waals surface area contributed by atoms with E-state index in [-0.39, 0.29) is 12.8 Å². The molecule has 3 aromatic carbocycles. The van der Waals surface area contributed by atoms with Crippen molar-refractivity contribution in [3.8, 4) is 17.2 Å². The molecular weight excluding hydrogens is 474 g/mol. The standard InChI is InChI=1S/C29H34ClN3O3/c1-3-4-5-29-32-28(21-6-12-25(13-7-21)35-20-24(34)18-31-2)19-33(29)23-10-16-27(17-11-23)36-26-14-8-22(30)9-15-26/h6-17,19,24,29,31-32,34H,3-5,18,20H2,1-2H3/t24-,29?/m1/s1. The van der Waals surface area contributed by atoms with Gasteiger partial charge in [0, 0.05) is 23.5 Å². The SMILES string of the molecule is CCCCC1NC(c2ccc(OC[C@H](O)CNC)cc2)=CN1c1ccc(Oc2ccc(Cl)cc2)cc1. The summed E-state index contributed by atoms with van der Waals surface area (Å²) in [5.74, 6) is 2.27. The van der Waals surface area contributed by atoms with Gasteiger partial charge in [-0.3, -0.25) is 0 Å². The van der Waals surface area contributed by atoms with Gasteiger partial charge in [0.05, 0.1) is 5.70 Å². The fourth-order valence-corrected chi connectivity index (χ4v) is 4.21. The van der Waals surface area contributed by atoms with Crippen molar-refractivity contribution in [3.05, 3.63) is 89.6 Å². The van der Waals surface area contributed by atoms with Crippen molar-refractivity contribution in [2.45, 2.75) is 38.5 Å². The van der Waals surface area contributed by atoms with E-state index in [1.54, 1.807) is 7.05 Å². The Bertz CT molecular complexity index is 1120. The summed E-state index contributed by atoms with van der Waals surface area (Å²) in [7, 11) is 1.81. The van der Waals surface area contributed by atoms with Crippen molar-refractivity contribution in [1.82, 2.24) is 10.6 Å². The van der Waals surface area contributed by atoms with Gasteiger partial charge < -0.3 is 30.1 Å². The van der Waals surface area contributed by atoms with Gasteiger partial charge in [0.15, 0.2) is 0 Å². The molecule has 3 aromatic rings. The first-order chi connectivity index (χ1) is 17.6. The predicted octanol–water partition coefficient (Wildman–Crippen LogP) is 6.02. The highest BCUT2D eigenvalue weighted by Crippen LogP contribution is 2.31. The molecular formula is C29H34ClN3O3. The van der Waals surface area contributed by atoms with Crippen LogP contribution in [0.5, 0.6) is 17.2 Å². The second kappa shape index (κ2) is 12.7. The maximum Gasteiger partial charge on any atom is 0.127 e. The second-order valence-electron chi connectivity index (χ2n) is 8.85. The lowest BCUT2D eigenvalue weighted by Crippen LogP contribution is -2.35. The zero-order chi connectivity index (χ0) is 25.3. The highest BCUT2D eigenvalue weighted by Gasteiger charge is 2.25. The number of hydrogen-bond acceptors (Lipinski definition) is 6. The first kappa shape index (κ1) is 25.9. The quantitative estimate of drug-likeness (QED) is 0.279. The summed E-state index contributed by atoms with van der Waals surface area (Å²) in [6.45, 7) is 2.96.